The van der Waals surface area contributed by atoms with Crippen LogP contribution in [0.25, 0.3) is 10.9 Å². The lowest BCUT2D eigenvalue weighted by atomic mass is 10.1. The largest absolute Gasteiger partial charge is 0.380 e. The molecular formula is C12H12N4O. The van der Waals surface area contributed by atoms with Gasteiger partial charge < -0.3 is 10.2 Å². The molecule has 0 atom stereocenters. The molecule has 86 valence electrons. The molecule has 0 radical (unpaired) electrons. The maximum atomic E-state index is 8.97. The minimum absolute atomic E-state index is 0.426. The van der Waals surface area contributed by atoms with Crippen LogP contribution in [0.1, 0.15) is 11.1 Å². The lowest BCUT2D eigenvalue weighted by Crippen LogP contribution is -2.09. The second-order valence-corrected chi connectivity index (χ2v) is 3.55. The Bertz CT molecular complexity index is 589. The van der Waals surface area contributed by atoms with E-state index in [0.717, 1.165) is 16.5 Å². The molecule has 17 heavy (non-hydrogen) atoms. The van der Waals surface area contributed by atoms with Gasteiger partial charge in [-0.25, -0.2) is 0 Å². The number of nitriles is 1. The summed E-state index contributed by atoms with van der Waals surface area (Å²) < 4.78 is 5.11. The van der Waals surface area contributed by atoms with Crippen LogP contribution in [0.15, 0.2) is 24.4 Å². The number of hydrazine groups is 1. The summed E-state index contributed by atoms with van der Waals surface area (Å²) in [4.78, 5) is 4.28. The molecule has 0 amide bonds. The van der Waals surface area contributed by atoms with Gasteiger partial charge in [0.25, 0.3) is 0 Å². The fourth-order valence-electron chi connectivity index (χ4n) is 1.80. The minimum atomic E-state index is 0.426. The van der Waals surface area contributed by atoms with E-state index in [1.807, 2.05) is 18.2 Å². The summed E-state index contributed by atoms with van der Waals surface area (Å²) in [6.45, 7) is 0.472. The SMILES string of the molecule is COCc1cccc2c(NN)c(C#N)cnc12. The zero-order valence-corrected chi connectivity index (χ0v) is 9.40. The minimum Gasteiger partial charge on any atom is -0.380 e. The van der Waals surface area contributed by atoms with Gasteiger partial charge in [0.2, 0.25) is 0 Å². The molecule has 0 spiro atoms. The van der Waals surface area contributed by atoms with E-state index in [9.17, 15) is 0 Å². The van der Waals surface area contributed by atoms with E-state index in [4.69, 9.17) is 15.8 Å². The van der Waals surface area contributed by atoms with Crippen molar-refractivity contribution in [3.05, 3.63) is 35.5 Å². The average Bonchev–Trinajstić information content (AvgIpc) is 2.38. The molecule has 2 aromatic rings. The molecule has 5 nitrogen and oxygen atoms in total. The molecule has 0 aliphatic rings. The molecule has 0 saturated carbocycles. The smallest absolute Gasteiger partial charge is 0.103 e. The first-order valence-corrected chi connectivity index (χ1v) is 5.08. The number of nitrogen functional groups attached to an aromatic ring is 1. The van der Waals surface area contributed by atoms with Gasteiger partial charge in [0.1, 0.15) is 6.07 Å². The van der Waals surface area contributed by atoms with Gasteiger partial charge in [-0.05, 0) is 0 Å². The Hall–Kier alpha value is -2.16. The number of para-hydroxylation sites is 1. The first kappa shape index (κ1) is 11.3. The number of benzene rings is 1. The number of hydrogen-bond acceptors (Lipinski definition) is 5. The molecule has 0 saturated heterocycles. The van der Waals surface area contributed by atoms with Crippen molar-refractivity contribution in [2.45, 2.75) is 6.61 Å². The molecule has 2 rings (SSSR count). The third-order valence-corrected chi connectivity index (χ3v) is 2.55. The van der Waals surface area contributed by atoms with Gasteiger partial charge in [-0.3, -0.25) is 10.8 Å². The molecular weight excluding hydrogens is 216 g/mol. The highest BCUT2D eigenvalue weighted by atomic mass is 16.5. The van der Waals surface area contributed by atoms with E-state index in [1.165, 1.54) is 6.20 Å². The van der Waals surface area contributed by atoms with E-state index in [0.29, 0.717) is 17.9 Å². The first-order chi connectivity index (χ1) is 8.31. The Morgan fingerprint density at radius 1 is 1.53 bits per heavy atom. The van der Waals surface area contributed by atoms with Crippen molar-refractivity contribution in [3.8, 4) is 6.07 Å². The maximum absolute atomic E-state index is 8.97. The highest BCUT2D eigenvalue weighted by Gasteiger charge is 2.10. The lowest BCUT2D eigenvalue weighted by molar-refractivity contribution is 0.186. The van der Waals surface area contributed by atoms with Crippen LogP contribution in [-0.2, 0) is 11.3 Å². The van der Waals surface area contributed by atoms with Gasteiger partial charge in [0.05, 0.1) is 23.4 Å². The molecule has 3 N–H and O–H groups in total. The molecule has 1 aromatic carbocycles. The Kier molecular flexibility index (Phi) is 3.19. The van der Waals surface area contributed by atoms with E-state index in [-0.39, 0.29) is 0 Å². The van der Waals surface area contributed by atoms with Crippen molar-refractivity contribution in [2.24, 2.45) is 5.84 Å². The Morgan fingerprint density at radius 3 is 3.00 bits per heavy atom. The summed E-state index contributed by atoms with van der Waals surface area (Å²) in [6, 6.07) is 7.75. The molecule has 1 heterocycles. The predicted molar refractivity (Wildman–Crippen MR) is 65.0 cm³/mol. The van der Waals surface area contributed by atoms with Crippen LogP contribution in [0, 0.1) is 11.3 Å². The zero-order chi connectivity index (χ0) is 12.3. The van der Waals surface area contributed by atoms with Gasteiger partial charge in [0.15, 0.2) is 0 Å². The highest BCUT2D eigenvalue weighted by Crippen LogP contribution is 2.27. The predicted octanol–water partition coefficient (Wildman–Crippen LogP) is 1.54. The number of aromatic nitrogens is 1. The number of rotatable bonds is 3. The van der Waals surface area contributed by atoms with Gasteiger partial charge in [0, 0.05) is 24.3 Å². The number of ether oxygens (including phenoxy) is 1. The number of pyridine rings is 1. The van der Waals surface area contributed by atoms with E-state index < -0.39 is 0 Å². The van der Waals surface area contributed by atoms with Crippen LogP contribution < -0.4 is 11.3 Å². The lowest BCUT2D eigenvalue weighted by Gasteiger charge is -2.10. The van der Waals surface area contributed by atoms with Crippen molar-refractivity contribution in [1.29, 1.82) is 5.26 Å². The van der Waals surface area contributed by atoms with Crippen molar-refractivity contribution >= 4 is 16.6 Å². The van der Waals surface area contributed by atoms with E-state index in [1.54, 1.807) is 7.11 Å². The first-order valence-electron chi connectivity index (χ1n) is 5.08. The summed E-state index contributed by atoms with van der Waals surface area (Å²) in [5, 5.41) is 9.79. The normalized spacial score (nSPS) is 10.2. The monoisotopic (exact) mass is 228 g/mol. The van der Waals surface area contributed by atoms with Crippen LogP contribution in [-0.4, -0.2) is 12.1 Å². The number of methoxy groups -OCH3 is 1. The number of nitrogens with one attached hydrogen (secondary N) is 1. The summed E-state index contributed by atoms with van der Waals surface area (Å²) in [5.74, 6) is 5.46. The molecule has 0 aliphatic heterocycles. The van der Waals surface area contributed by atoms with Gasteiger partial charge >= 0.3 is 0 Å². The van der Waals surface area contributed by atoms with E-state index >= 15 is 0 Å². The Labute approximate surface area is 98.8 Å². The number of nitrogens with zero attached hydrogens (tertiary/aromatic N) is 2. The fourth-order valence-corrected chi connectivity index (χ4v) is 1.80. The van der Waals surface area contributed by atoms with Crippen LogP contribution in [0.5, 0.6) is 0 Å². The molecule has 0 fully saturated rings. The Balaban J connectivity index is 2.74. The standard InChI is InChI=1S/C12H12N4O/c1-17-7-8-3-2-4-10-11(8)15-6-9(5-13)12(10)16-14/h2-4,6H,7,14H2,1H3,(H,15,16). The molecule has 0 unspecified atom stereocenters. The van der Waals surface area contributed by atoms with Crippen LogP contribution in [0.4, 0.5) is 5.69 Å². The third-order valence-electron chi connectivity index (χ3n) is 2.55. The summed E-state index contributed by atoms with van der Waals surface area (Å²) >= 11 is 0. The van der Waals surface area contributed by atoms with E-state index in [2.05, 4.69) is 16.5 Å². The van der Waals surface area contributed by atoms with Crippen molar-refractivity contribution in [3.63, 3.8) is 0 Å². The van der Waals surface area contributed by atoms with Crippen LogP contribution in [0.2, 0.25) is 0 Å². The summed E-state index contributed by atoms with van der Waals surface area (Å²) in [5.41, 5.74) is 5.33. The fraction of sp³-hybridized carbons (Fsp3) is 0.167. The number of fused-ring (bicyclic) bond motifs is 1. The summed E-state index contributed by atoms with van der Waals surface area (Å²) in [6.07, 6.45) is 1.51. The maximum Gasteiger partial charge on any atom is 0.103 e. The van der Waals surface area contributed by atoms with Crippen molar-refractivity contribution in [2.75, 3.05) is 12.5 Å². The van der Waals surface area contributed by atoms with Gasteiger partial charge in [-0.15, -0.1) is 0 Å². The molecule has 0 aliphatic carbocycles. The number of hydrogen-bond donors (Lipinski definition) is 2. The molecule has 5 heteroatoms. The summed E-state index contributed by atoms with van der Waals surface area (Å²) in [7, 11) is 1.63. The number of anilines is 1. The highest BCUT2D eigenvalue weighted by molar-refractivity contribution is 5.95. The second-order valence-electron chi connectivity index (χ2n) is 3.55. The zero-order valence-electron chi connectivity index (χ0n) is 9.40. The van der Waals surface area contributed by atoms with Crippen LogP contribution in [0.3, 0.4) is 0 Å². The van der Waals surface area contributed by atoms with Gasteiger partial charge in [-0.1, -0.05) is 18.2 Å². The second kappa shape index (κ2) is 4.78. The number of nitrogens with two attached hydrogens (primary N) is 1. The topological polar surface area (TPSA) is 84.0 Å². The third kappa shape index (κ3) is 1.91. The van der Waals surface area contributed by atoms with Gasteiger partial charge in [-0.2, -0.15) is 5.26 Å². The van der Waals surface area contributed by atoms with Crippen LogP contribution >= 0.6 is 0 Å². The Morgan fingerprint density at radius 2 is 2.35 bits per heavy atom. The van der Waals surface area contributed by atoms with Crippen molar-refractivity contribution in [1.82, 2.24) is 4.98 Å². The molecule has 0 bridgehead atoms. The quantitative estimate of drug-likeness (QED) is 0.615. The van der Waals surface area contributed by atoms with Crippen molar-refractivity contribution < 1.29 is 4.74 Å². The molecule has 1 aromatic heterocycles. The average molecular weight is 228 g/mol.